The van der Waals surface area contributed by atoms with Crippen LogP contribution >= 0.6 is 45.6 Å². The summed E-state index contributed by atoms with van der Waals surface area (Å²) in [5.74, 6) is 0. The molecular weight excluding hydrogens is 786 g/mol. The van der Waals surface area contributed by atoms with Crippen molar-refractivity contribution in [1.82, 2.24) is 68.8 Å². The lowest BCUT2D eigenvalue weighted by Crippen LogP contribution is -2.43. The molecular formula is C12H60N12O18P6. The summed E-state index contributed by atoms with van der Waals surface area (Å²) in [6.45, 7) is -2.65. The average molecular weight is 847 g/mol. The van der Waals surface area contributed by atoms with E-state index in [0.717, 1.165) is 9.80 Å². The number of hydrogen-bond donors (Lipinski definition) is 20. The predicted molar refractivity (Wildman–Crippen MR) is 178 cm³/mol. The molecule has 48 heavy (non-hydrogen) atoms. The van der Waals surface area contributed by atoms with Crippen LogP contribution in [0.5, 0.6) is 0 Å². The maximum atomic E-state index is 11.6. The third-order valence-electron chi connectivity index (χ3n) is 4.50. The van der Waals surface area contributed by atoms with E-state index in [0.29, 0.717) is 9.80 Å². The van der Waals surface area contributed by atoms with Gasteiger partial charge in [0, 0.05) is 39.3 Å². The average Bonchev–Trinajstić information content (AvgIpc) is 2.60. The number of nitrogens with zero attached hydrogens (tertiary/aromatic N) is 4. The van der Waals surface area contributed by atoms with E-state index in [9.17, 15) is 47.0 Å². The van der Waals surface area contributed by atoms with Gasteiger partial charge in [-0.1, -0.05) is 0 Å². The third-order valence-corrected chi connectivity index (χ3v) is 9.11. The molecule has 0 rings (SSSR count). The zero-order valence-electron chi connectivity index (χ0n) is 26.4. The molecule has 36 heteroatoms. The Morgan fingerprint density at radius 3 is 0.479 bits per heavy atom. The summed E-state index contributed by atoms with van der Waals surface area (Å²) in [4.78, 5) is 114. The van der Waals surface area contributed by atoms with Crippen LogP contribution in [0.2, 0.25) is 0 Å². The normalized spacial score (nSPS) is 12.2. The quantitative estimate of drug-likeness (QED) is 0.0572. The van der Waals surface area contributed by atoms with Crippen molar-refractivity contribution in [3.63, 3.8) is 0 Å². The zero-order chi connectivity index (χ0) is 31.8. The molecule has 0 aliphatic rings. The predicted octanol–water partition coefficient (Wildman–Crippen LogP) is -1.70. The first-order valence-corrected chi connectivity index (χ1v) is 21.5. The first kappa shape index (κ1) is 70.1. The minimum Gasteiger partial charge on any atom is -0.344 e. The Balaban J connectivity index is -0.000000272. The van der Waals surface area contributed by atoms with Crippen LogP contribution in [-0.2, 0) is 27.4 Å². The van der Waals surface area contributed by atoms with Gasteiger partial charge in [0.05, 0.1) is 0 Å². The second-order valence-corrected chi connectivity index (χ2v) is 18.5. The lowest BCUT2D eigenvalue weighted by molar-refractivity contribution is 0.181. The Bertz CT molecular complexity index is 961. The monoisotopic (exact) mass is 846 g/mol. The van der Waals surface area contributed by atoms with Gasteiger partial charge in [0.15, 0.2) is 0 Å². The molecule has 0 radical (unpaired) electrons. The molecule has 0 spiro atoms. The second kappa shape index (κ2) is 28.0. The smallest absolute Gasteiger partial charge is 0.339 e. The van der Waals surface area contributed by atoms with Crippen molar-refractivity contribution in [2.24, 2.45) is 0 Å². The Morgan fingerprint density at radius 1 is 0.250 bits per heavy atom. The standard InChI is InChI=1S/C12H36N4O18P6.8H3N/c17-35(18,19)7-13(3-5-15(9-37(23,24)25)10-38(26,27)28)1-2-14(8-36(20,21)22)4-6-16(11-39(29,30)31)12-40(32,33)34;;;;;;;;/h1-12H2,(H2,17,18,19)(H2,20,21,22)(H2,23,24,25)(H2,26,27,28)(H2,29,30,31)(H2,32,33,34);8*1H3. The van der Waals surface area contributed by atoms with E-state index < -0.39 is 109 Å². The minimum atomic E-state index is -4.81. The number of hydrogen-bond acceptors (Lipinski definition) is 18. The molecule has 36 N–H and O–H groups in total. The summed E-state index contributed by atoms with van der Waals surface area (Å²) < 4.78 is 68.5. The molecule has 0 aliphatic heterocycles. The fourth-order valence-electron chi connectivity index (χ4n) is 3.29. The maximum Gasteiger partial charge on any atom is 0.339 e. The van der Waals surface area contributed by atoms with Crippen molar-refractivity contribution in [2.75, 3.05) is 77.0 Å². The largest absolute Gasteiger partial charge is 0.344 e. The Labute approximate surface area is 277 Å². The molecule has 0 heterocycles. The van der Waals surface area contributed by atoms with Gasteiger partial charge in [0.2, 0.25) is 0 Å². The molecule has 0 unspecified atom stereocenters. The van der Waals surface area contributed by atoms with Crippen LogP contribution in [0.3, 0.4) is 0 Å². The molecule has 0 aromatic carbocycles. The fraction of sp³-hybridized carbons (Fsp3) is 1.00. The van der Waals surface area contributed by atoms with Gasteiger partial charge in [-0.2, -0.15) is 0 Å². The summed E-state index contributed by atoms with van der Waals surface area (Å²) in [6, 6.07) is 0. The van der Waals surface area contributed by atoms with Crippen molar-refractivity contribution in [3.8, 4) is 0 Å². The van der Waals surface area contributed by atoms with E-state index in [4.69, 9.17) is 39.1 Å². The van der Waals surface area contributed by atoms with Gasteiger partial charge in [-0.05, 0) is 0 Å². The highest BCUT2D eigenvalue weighted by Crippen LogP contribution is 2.42. The van der Waals surface area contributed by atoms with Crippen molar-refractivity contribution in [2.45, 2.75) is 0 Å². The zero-order valence-corrected chi connectivity index (χ0v) is 31.8. The molecule has 0 saturated heterocycles. The first-order valence-electron chi connectivity index (χ1n) is 10.7. The highest BCUT2D eigenvalue weighted by molar-refractivity contribution is 7.53. The Hall–Kier alpha value is 0.420. The highest BCUT2D eigenvalue weighted by atomic mass is 31.2. The number of rotatable bonds is 21. The van der Waals surface area contributed by atoms with Crippen LogP contribution in [0.25, 0.3) is 0 Å². The molecule has 0 atom stereocenters. The van der Waals surface area contributed by atoms with E-state index in [-0.39, 0.29) is 62.3 Å². The van der Waals surface area contributed by atoms with Gasteiger partial charge < -0.3 is 108 Å². The summed E-state index contributed by atoms with van der Waals surface area (Å²) >= 11 is 0. The molecule has 0 aromatic rings. The molecule has 0 aromatic heterocycles. The van der Waals surface area contributed by atoms with Crippen molar-refractivity contribution in [3.05, 3.63) is 0 Å². The van der Waals surface area contributed by atoms with Gasteiger partial charge in [0.25, 0.3) is 0 Å². The highest BCUT2D eigenvalue weighted by Gasteiger charge is 2.29. The van der Waals surface area contributed by atoms with Crippen LogP contribution in [0.15, 0.2) is 0 Å². The van der Waals surface area contributed by atoms with Gasteiger partial charge in [-0.15, -0.1) is 0 Å². The van der Waals surface area contributed by atoms with Crippen LogP contribution in [0, 0.1) is 0 Å². The summed E-state index contributed by atoms with van der Waals surface area (Å²) in [5, 5.41) is 0. The second-order valence-electron chi connectivity index (χ2n) is 8.86. The topological polar surface area (TPSA) is 638 Å². The fourth-order valence-corrected chi connectivity index (χ4v) is 8.26. The van der Waals surface area contributed by atoms with Gasteiger partial charge in [0.1, 0.15) is 37.7 Å². The van der Waals surface area contributed by atoms with E-state index >= 15 is 0 Å². The lowest BCUT2D eigenvalue weighted by atomic mass is 10.4. The maximum absolute atomic E-state index is 11.6. The first-order chi connectivity index (χ1) is 17.5. The van der Waals surface area contributed by atoms with E-state index in [1.165, 1.54) is 0 Å². The van der Waals surface area contributed by atoms with Crippen molar-refractivity contribution >= 4 is 45.6 Å². The summed E-state index contributed by atoms with van der Waals surface area (Å²) in [7, 11) is -28.8. The molecule has 30 nitrogen and oxygen atoms in total. The van der Waals surface area contributed by atoms with Crippen LogP contribution < -0.4 is 49.2 Å². The molecule has 0 saturated carbocycles. The van der Waals surface area contributed by atoms with E-state index in [2.05, 4.69) is 0 Å². The van der Waals surface area contributed by atoms with Gasteiger partial charge in [-0.25, -0.2) is 0 Å². The van der Waals surface area contributed by atoms with Crippen LogP contribution in [0.1, 0.15) is 0 Å². The molecule has 0 bridgehead atoms. The Morgan fingerprint density at radius 2 is 0.354 bits per heavy atom. The van der Waals surface area contributed by atoms with E-state index in [1.807, 2.05) is 0 Å². The molecule has 306 valence electrons. The van der Waals surface area contributed by atoms with Gasteiger partial charge >= 0.3 is 45.6 Å². The SMILES string of the molecule is N.N.N.N.N.N.N.N.O=P(O)(O)CN(CCN(CCN(CP(=O)(O)O)CP(=O)(O)O)CP(=O)(O)O)CCN(CP(=O)(O)O)CP(=O)(O)O. The molecule has 0 amide bonds. The summed E-state index contributed by atoms with van der Waals surface area (Å²) in [6.07, 6.45) is -6.33. The van der Waals surface area contributed by atoms with Crippen LogP contribution in [0.4, 0.5) is 0 Å². The molecule has 0 fully saturated rings. The van der Waals surface area contributed by atoms with Gasteiger partial charge in [-0.3, -0.25) is 47.0 Å². The van der Waals surface area contributed by atoms with Crippen LogP contribution in [-0.4, -0.2) is 155 Å². The third kappa shape index (κ3) is 46.4. The van der Waals surface area contributed by atoms with Crippen molar-refractivity contribution < 1.29 is 86.1 Å². The lowest BCUT2D eigenvalue weighted by Gasteiger charge is -2.31. The Kier molecular flexibility index (Phi) is 40.9. The minimum absolute atomic E-state index is 0. The molecule has 0 aliphatic carbocycles. The van der Waals surface area contributed by atoms with Crippen molar-refractivity contribution in [1.29, 1.82) is 0 Å². The summed E-state index contributed by atoms with van der Waals surface area (Å²) in [5.41, 5.74) is 0. The van der Waals surface area contributed by atoms with E-state index in [1.54, 1.807) is 0 Å².